The summed E-state index contributed by atoms with van der Waals surface area (Å²) < 4.78 is 80.5. The number of likely N-dealkylation sites (tertiary alicyclic amines) is 1. The zero-order valence-corrected chi connectivity index (χ0v) is 13.6. The van der Waals surface area contributed by atoms with E-state index in [2.05, 4.69) is 14.6 Å². The lowest BCUT2D eigenvalue weighted by Gasteiger charge is -2.30. The van der Waals surface area contributed by atoms with Crippen LogP contribution in [0.3, 0.4) is 0 Å². The molecule has 1 fully saturated rings. The Labute approximate surface area is 149 Å². The number of rotatable bonds is 2. The number of alkyl halides is 6. The van der Waals surface area contributed by atoms with Gasteiger partial charge in [0.1, 0.15) is 0 Å². The average Bonchev–Trinajstić information content (AvgIpc) is 3.11. The molecular formula is C16H13F6N3O2. The van der Waals surface area contributed by atoms with E-state index in [9.17, 15) is 31.1 Å². The normalized spacial score (nSPS) is 16.6. The van der Waals surface area contributed by atoms with Gasteiger partial charge in [0.05, 0.1) is 5.56 Å². The summed E-state index contributed by atoms with van der Waals surface area (Å²) in [6.45, 7) is 0.312. The van der Waals surface area contributed by atoms with E-state index in [1.165, 1.54) is 11.0 Å². The highest BCUT2D eigenvalue weighted by molar-refractivity contribution is 5.94. The van der Waals surface area contributed by atoms with Crippen molar-refractivity contribution in [1.82, 2.24) is 15.1 Å². The van der Waals surface area contributed by atoms with Crippen molar-refractivity contribution in [1.29, 1.82) is 0 Å². The maximum atomic E-state index is 12.8. The van der Waals surface area contributed by atoms with Crippen LogP contribution in [0, 0.1) is 0 Å². The Kier molecular flexibility index (Phi) is 4.87. The number of hydrogen-bond acceptors (Lipinski definition) is 4. The molecule has 0 aliphatic carbocycles. The molecule has 0 unspecified atom stereocenters. The fourth-order valence-electron chi connectivity index (χ4n) is 2.85. The minimum atomic E-state index is -4.73. The molecule has 27 heavy (non-hydrogen) atoms. The van der Waals surface area contributed by atoms with E-state index in [1.54, 1.807) is 0 Å². The molecule has 0 saturated carbocycles. The van der Waals surface area contributed by atoms with E-state index in [4.69, 9.17) is 0 Å². The van der Waals surface area contributed by atoms with E-state index in [0.29, 0.717) is 0 Å². The molecule has 1 aliphatic rings. The molecule has 1 aliphatic heterocycles. The predicted octanol–water partition coefficient (Wildman–Crippen LogP) is 4.13. The molecule has 2 heterocycles. The number of benzene rings is 1. The summed E-state index contributed by atoms with van der Waals surface area (Å²) in [5, 5.41) is 6.38. The Balaban J connectivity index is 1.65. The van der Waals surface area contributed by atoms with E-state index < -0.39 is 35.6 Å². The van der Waals surface area contributed by atoms with Crippen LogP contribution in [-0.4, -0.2) is 34.1 Å². The largest absolute Gasteiger partial charge is 0.470 e. The van der Waals surface area contributed by atoms with E-state index >= 15 is 0 Å². The first-order valence-electron chi connectivity index (χ1n) is 7.93. The molecule has 1 aromatic carbocycles. The van der Waals surface area contributed by atoms with E-state index in [-0.39, 0.29) is 37.4 Å². The van der Waals surface area contributed by atoms with E-state index in [1.807, 2.05) is 0 Å². The molecule has 11 heteroatoms. The number of amides is 1. The minimum Gasteiger partial charge on any atom is -0.417 e. The third kappa shape index (κ3) is 4.22. The number of hydrogen-bond donors (Lipinski definition) is 0. The lowest BCUT2D eigenvalue weighted by atomic mass is 9.96. The Morgan fingerprint density at radius 1 is 1.04 bits per heavy atom. The molecule has 0 spiro atoms. The molecule has 146 valence electrons. The minimum absolute atomic E-state index is 0.0968. The van der Waals surface area contributed by atoms with E-state index in [0.717, 1.165) is 18.2 Å². The molecular weight excluding hydrogens is 380 g/mol. The summed E-state index contributed by atoms with van der Waals surface area (Å²) in [5.41, 5.74) is -1.02. The van der Waals surface area contributed by atoms with Crippen LogP contribution in [0.5, 0.6) is 0 Å². The Bertz CT molecular complexity index is 822. The van der Waals surface area contributed by atoms with Crippen LogP contribution in [0.1, 0.15) is 46.5 Å². The maximum Gasteiger partial charge on any atom is 0.470 e. The first kappa shape index (κ1) is 19.2. The molecule has 0 bridgehead atoms. The van der Waals surface area contributed by atoms with Crippen molar-refractivity contribution in [3.63, 3.8) is 0 Å². The van der Waals surface area contributed by atoms with Crippen molar-refractivity contribution in [2.45, 2.75) is 31.1 Å². The number of nitrogens with zero attached hydrogens (tertiary/aromatic N) is 3. The fourth-order valence-corrected chi connectivity index (χ4v) is 2.85. The highest BCUT2D eigenvalue weighted by Gasteiger charge is 2.39. The number of piperidine rings is 1. The van der Waals surface area contributed by atoms with Gasteiger partial charge >= 0.3 is 18.2 Å². The quantitative estimate of drug-likeness (QED) is 0.720. The van der Waals surface area contributed by atoms with Gasteiger partial charge in [-0.15, -0.1) is 10.2 Å². The van der Waals surface area contributed by atoms with Gasteiger partial charge in [-0.05, 0) is 31.0 Å². The Morgan fingerprint density at radius 3 is 2.26 bits per heavy atom. The van der Waals surface area contributed by atoms with Crippen LogP contribution < -0.4 is 0 Å². The van der Waals surface area contributed by atoms with Gasteiger partial charge in [0, 0.05) is 24.6 Å². The van der Waals surface area contributed by atoms with Crippen molar-refractivity contribution in [3.05, 3.63) is 47.2 Å². The molecule has 1 aromatic heterocycles. The summed E-state index contributed by atoms with van der Waals surface area (Å²) in [6.07, 6.45) is -8.75. The highest BCUT2D eigenvalue weighted by atomic mass is 19.4. The molecule has 3 rings (SSSR count). The monoisotopic (exact) mass is 393 g/mol. The Morgan fingerprint density at radius 2 is 1.70 bits per heavy atom. The molecule has 1 saturated heterocycles. The van der Waals surface area contributed by atoms with Gasteiger partial charge < -0.3 is 9.32 Å². The van der Waals surface area contributed by atoms with Crippen molar-refractivity contribution in [2.24, 2.45) is 0 Å². The van der Waals surface area contributed by atoms with Gasteiger partial charge in [-0.3, -0.25) is 4.79 Å². The fraction of sp³-hybridized carbons (Fsp3) is 0.438. The smallest absolute Gasteiger partial charge is 0.417 e. The summed E-state index contributed by atoms with van der Waals surface area (Å²) in [5.74, 6) is -2.60. The molecule has 5 nitrogen and oxygen atoms in total. The summed E-state index contributed by atoms with van der Waals surface area (Å²) in [6, 6.07) is 4.09. The number of aromatic nitrogens is 2. The Hall–Kier alpha value is -2.59. The van der Waals surface area contributed by atoms with Crippen molar-refractivity contribution < 1.29 is 35.6 Å². The second-order valence-corrected chi connectivity index (χ2v) is 6.09. The number of halogens is 6. The van der Waals surface area contributed by atoms with Crippen molar-refractivity contribution >= 4 is 5.91 Å². The van der Waals surface area contributed by atoms with Crippen LogP contribution in [-0.2, 0) is 12.4 Å². The molecule has 0 N–H and O–H groups in total. The van der Waals surface area contributed by atoms with Crippen molar-refractivity contribution in [2.75, 3.05) is 13.1 Å². The average molecular weight is 393 g/mol. The predicted molar refractivity (Wildman–Crippen MR) is 78.6 cm³/mol. The van der Waals surface area contributed by atoms with Gasteiger partial charge in [-0.1, -0.05) is 6.07 Å². The topological polar surface area (TPSA) is 59.2 Å². The zero-order valence-electron chi connectivity index (χ0n) is 13.6. The van der Waals surface area contributed by atoms with Gasteiger partial charge in [0.15, 0.2) is 0 Å². The van der Waals surface area contributed by atoms with Gasteiger partial charge in [-0.2, -0.15) is 26.3 Å². The second kappa shape index (κ2) is 6.86. The zero-order chi connectivity index (χ0) is 19.8. The number of carbonyl (C=O) groups is 1. The molecule has 2 aromatic rings. The van der Waals surface area contributed by atoms with Crippen LogP contribution in [0.4, 0.5) is 26.3 Å². The lowest BCUT2D eigenvalue weighted by Crippen LogP contribution is -2.38. The first-order chi connectivity index (χ1) is 12.6. The van der Waals surface area contributed by atoms with Crippen LogP contribution >= 0.6 is 0 Å². The third-order valence-electron chi connectivity index (χ3n) is 4.25. The summed E-state index contributed by atoms with van der Waals surface area (Å²) in [7, 11) is 0. The highest BCUT2D eigenvalue weighted by Crippen LogP contribution is 2.33. The summed E-state index contributed by atoms with van der Waals surface area (Å²) in [4.78, 5) is 13.8. The second-order valence-electron chi connectivity index (χ2n) is 6.09. The SMILES string of the molecule is O=C(c1cccc(C(F)(F)F)c1)N1CCC(c2nnc(C(F)(F)F)o2)CC1. The van der Waals surface area contributed by atoms with Crippen LogP contribution in [0.25, 0.3) is 0 Å². The maximum absolute atomic E-state index is 12.8. The van der Waals surface area contributed by atoms with Crippen molar-refractivity contribution in [3.8, 4) is 0 Å². The lowest BCUT2D eigenvalue weighted by molar-refractivity contribution is -0.157. The van der Waals surface area contributed by atoms with Gasteiger partial charge in [-0.25, -0.2) is 0 Å². The van der Waals surface area contributed by atoms with Gasteiger partial charge in [0.25, 0.3) is 5.91 Å². The molecule has 0 radical (unpaired) electrons. The third-order valence-corrected chi connectivity index (χ3v) is 4.25. The molecule has 1 amide bonds. The summed E-state index contributed by atoms with van der Waals surface area (Å²) >= 11 is 0. The van der Waals surface area contributed by atoms with Gasteiger partial charge in [0.2, 0.25) is 5.89 Å². The molecule has 0 atom stereocenters. The number of carbonyl (C=O) groups excluding carboxylic acids is 1. The van der Waals surface area contributed by atoms with Crippen LogP contribution in [0.15, 0.2) is 28.7 Å². The van der Waals surface area contributed by atoms with Crippen LogP contribution in [0.2, 0.25) is 0 Å². The first-order valence-corrected chi connectivity index (χ1v) is 7.93. The standard InChI is InChI=1S/C16H13F6N3O2/c17-15(18,19)11-3-1-2-10(8-11)13(26)25-6-4-9(5-7-25)12-23-24-14(27-12)16(20,21)22/h1-3,8-9H,4-7H2.